The van der Waals surface area contributed by atoms with E-state index in [4.69, 9.17) is 0 Å². The first kappa shape index (κ1) is 9.92. The Bertz CT molecular complexity index is 325. The molecule has 2 N–H and O–H groups in total. The van der Waals surface area contributed by atoms with Crippen LogP contribution in [0.1, 0.15) is 10.4 Å². The van der Waals surface area contributed by atoms with Gasteiger partial charge in [-0.15, -0.1) is 11.8 Å². The normalized spacial score (nSPS) is 9.69. The molecular weight excluding hydrogens is 186 g/mol. The van der Waals surface area contributed by atoms with Crippen molar-refractivity contribution in [2.45, 2.75) is 4.90 Å². The summed E-state index contributed by atoms with van der Waals surface area (Å²) in [5.74, 6) is -0.220. The number of phenolic OH excluding ortho intramolecular Hbond substituents is 1. The van der Waals surface area contributed by atoms with E-state index in [1.54, 1.807) is 18.2 Å². The third-order valence-corrected chi connectivity index (χ3v) is 2.46. The van der Waals surface area contributed by atoms with Gasteiger partial charge in [-0.3, -0.25) is 4.79 Å². The summed E-state index contributed by atoms with van der Waals surface area (Å²) >= 11 is 1.41. The standard InChI is InChI=1S/C9H11NO2S/c1-10-9(12)6-4-3-5-7(13-2)8(6)11/h3-5,11H,1-2H3,(H,10,12). The van der Waals surface area contributed by atoms with Crippen molar-refractivity contribution in [3.63, 3.8) is 0 Å². The topological polar surface area (TPSA) is 49.3 Å². The summed E-state index contributed by atoms with van der Waals surface area (Å²) in [6, 6.07) is 5.11. The maximum atomic E-state index is 11.2. The number of rotatable bonds is 2. The van der Waals surface area contributed by atoms with E-state index >= 15 is 0 Å². The molecule has 1 amide bonds. The van der Waals surface area contributed by atoms with Gasteiger partial charge in [0, 0.05) is 11.9 Å². The Hall–Kier alpha value is -1.16. The summed E-state index contributed by atoms with van der Waals surface area (Å²) in [4.78, 5) is 11.9. The maximum absolute atomic E-state index is 11.2. The number of hydrogen-bond donors (Lipinski definition) is 2. The molecule has 1 aromatic rings. The molecule has 13 heavy (non-hydrogen) atoms. The number of benzene rings is 1. The number of thioether (sulfide) groups is 1. The molecule has 3 nitrogen and oxygen atoms in total. The van der Waals surface area contributed by atoms with E-state index in [0.717, 1.165) is 0 Å². The minimum atomic E-state index is -0.270. The summed E-state index contributed by atoms with van der Waals surface area (Å²) in [5, 5.41) is 12.1. The van der Waals surface area contributed by atoms with Crippen molar-refractivity contribution >= 4 is 17.7 Å². The third kappa shape index (κ3) is 1.95. The van der Waals surface area contributed by atoms with Gasteiger partial charge in [0.25, 0.3) is 5.91 Å². The van der Waals surface area contributed by atoms with Crippen LogP contribution in [0.4, 0.5) is 0 Å². The summed E-state index contributed by atoms with van der Waals surface area (Å²) < 4.78 is 0. The largest absolute Gasteiger partial charge is 0.506 e. The van der Waals surface area contributed by atoms with Gasteiger partial charge in [0.15, 0.2) is 0 Å². The Balaban J connectivity index is 3.15. The Morgan fingerprint density at radius 1 is 1.54 bits per heavy atom. The molecule has 0 bridgehead atoms. The van der Waals surface area contributed by atoms with Crippen molar-refractivity contribution in [3.8, 4) is 5.75 Å². The van der Waals surface area contributed by atoms with Crippen LogP contribution in [0.25, 0.3) is 0 Å². The molecule has 0 fully saturated rings. The number of hydrogen-bond acceptors (Lipinski definition) is 3. The van der Waals surface area contributed by atoms with Crippen LogP contribution >= 0.6 is 11.8 Å². The second-order valence-electron chi connectivity index (χ2n) is 2.44. The molecule has 0 aliphatic carbocycles. The lowest BCUT2D eigenvalue weighted by atomic mass is 10.2. The number of amides is 1. The van der Waals surface area contributed by atoms with Gasteiger partial charge in [-0.25, -0.2) is 0 Å². The molecule has 1 rings (SSSR count). The average molecular weight is 197 g/mol. The zero-order valence-corrected chi connectivity index (χ0v) is 8.31. The molecule has 0 radical (unpaired) electrons. The fourth-order valence-corrected chi connectivity index (χ4v) is 1.52. The zero-order valence-electron chi connectivity index (χ0n) is 7.50. The molecule has 70 valence electrons. The van der Waals surface area contributed by atoms with E-state index in [0.29, 0.717) is 10.5 Å². The number of carbonyl (C=O) groups excluding carboxylic acids is 1. The molecule has 0 saturated heterocycles. The lowest BCUT2D eigenvalue weighted by Crippen LogP contribution is -2.17. The smallest absolute Gasteiger partial charge is 0.254 e. The van der Waals surface area contributed by atoms with E-state index in [9.17, 15) is 9.90 Å². The van der Waals surface area contributed by atoms with Crippen LogP contribution in [0.2, 0.25) is 0 Å². The van der Waals surface area contributed by atoms with E-state index < -0.39 is 0 Å². The highest BCUT2D eigenvalue weighted by Gasteiger charge is 2.11. The van der Waals surface area contributed by atoms with Gasteiger partial charge in [-0.1, -0.05) is 6.07 Å². The molecule has 1 aromatic carbocycles. The second-order valence-corrected chi connectivity index (χ2v) is 3.28. The minimum absolute atomic E-state index is 0.0503. The third-order valence-electron chi connectivity index (χ3n) is 1.69. The summed E-state index contributed by atoms with van der Waals surface area (Å²) in [5.41, 5.74) is 0.314. The monoisotopic (exact) mass is 197 g/mol. The van der Waals surface area contributed by atoms with Crippen molar-refractivity contribution in [1.29, 1.82) is 0 Å². The van der Waals surface area contributed by atoms with Crippen molar-refractivity contribution in [2.24, 2.45) is 0 Å². The zero-order chi connectivity index (χ0) is 9.84. The van der Waals surface area contributed by atoms with E-state index in [-0.39, 0.29) is 11.7 Å². The van der Waals surface area contributed by atoms with Crippen LogP contribution in [0.15, 0.2) is 23.1 Å². The first-order valence-electron chi connectivity index (χ1n) is 3.78. The molecule has 0 saturated carbocycles. The molecular formula is C9H11NO2S. The van der Waals surface area contributed by atoms with Crippen LogP contribution in [-0.4, -0.2) is 24.3 Å². The first-order valence-corrected chi connectivity index (χ1v) is 5.01. The first-order chi connectivity index (χ1) is 6.20. The van der Waals surface area contributed by atoms with Gasteiger partial charge in [0.2, 0.25) is 0 Å². The number of phenols is 1. The van der Waals surface area contributed by atoms with Crippen LogP contribution < -0.4 is 5.32 Å². The van der Waals surface area contributed by atoms with E-state index in [1.165, 1.54) is 18.8 Å². The molecule has 0 aliphatic heterocycles. The van der Waals surface area contributed by atoms with Gasteiger partial charge < -0.3 is 10.4 Å². The number of carbonyl (C=O) groups is 1. The van der Waals surface area contributed by atoms with Crippen molar-refractivity contribution in [1.82, 2.24) is 5.32 Å². The Kier molecular flexibility index (Phi) is 3.19. The van der Waals surface area contributed by atoms with Gasteiger partial charge in [0.1, 0.15) is 5.75 Å². The van der Waals surface area contributed by atoms with Crippen LogP contribution in [-0.2, 0) is 0 Å². The molecule has 4 heteroatoms. The van der Waals surface area contributed by atoms with Gasteiger partial charge in [-0.05, 0) is 18.4 Å². The minimum Gasteiger partial charge on any atom is -0.506 e. The Morgan fingerprint density at radius 2 is 2.23 bits per heavy atom. The lowest BCUT2D eigenvalue weighted by molar-refractivity contribution is 0.0960. The fraction of sp³-hybridized carbons (Fsp3) is 0.222. The highest BCUT2D eigenvalue weighted by atomic mass is 32.2. The van der Waals surface area contributed by atoms with E-state index in [2.05, 4.69) is 5.32 Å². The highest BCUT2D eigenvalue weighted by Crippen LogP contribution is 2.29. The lowest BCUT2D eigenvalue weighted by Gasteiger charge is -2.05. The SMILES string of the molecule is CNC(=O)c1cccc(SC)c1O. The van der Waals surface area contributed by atoms with Crippen molar-refractivity contribution in [3.05, 3.63) is 23.8 Å². The van der Waals surface area contributed by atoms with E-state index in [1.807, 2.05) is 6.26 Å². The fourth-order valence-electron chi connectivity index (χ4n) is 1.00. The molecule has 0 heterocycles. The van der Waals surface area contributed by atoms with Crippen molar-refractivity contribution < 1.29 is 9.90 Å². The second kappa shape index (κ2) is 4.18. The van der Waals surface area contributed by atoms with Crippen LogP contribution in [0.3, 0.4) is 0 Å². The average Bonchev–Trinajstić information content (AvgIpc) is 2.17. The molecule has 0 spiro atoms. The molecule has 0 aliphatic rings. The van der Waals surface area contributed by atoms with Gasteiger partial charge in [-0.2, -0.15) is 0 Å². The number of para-hydroxylation sites is 1. The number of nitrogens with one attached hydrogen (secondary N) is 1. The van der Waals surface area contributed by atoms with Crippen LogP contribution in [0, 0.1) is 0 Å². The predicted octanol–water partition coefficient (Wildman–Crippen LogP) is 1.47. The molecule has 0 aromatic heterocycles. The summed E-state index contributed by atoms with van der Waals surface area (Å²) in [6.07, 6.45) is 1.85. The molecule has 0 atom stereocenters. The summed E-state index contributed by atoms with van der Waals surface area (Å²) in [6.45, 7) is 0. The maximum Gasteiger partial charge on any atom is 0.254 e. The molecule has 0 unspecified atom stereocenters. The van der Waals surface area contributed by atoms with Gasteiger partial charge in [0.05, 0.1) is 5.56 Å². The highest BCUT2D eigenvalue weighted by molar-refractivity contribution is 7.98. The van der Waals surface area contributed by atoms with Gasteiger partial charge >= 0.3 is 0 Å². The van der Waals surface area contributed by atoms with Crippen LogP contribution in [0.5, 0.6) is 5.75 Å². The van der Waals surface area contributed by atoms with Crippen molar-refractivity contribution in [2.75, 3.05) is 13.3 Å². The Labute approximate surface area is 81.2 Å². The predicted molar refractivity (Wildman–Crippen MR) is 53.3 cm³/mol. The number of aromatic hydroxyl groups is 1. The summed E-state index contributed by atoms with van der Waals surface area (Å²) in [7, 11) is 1.54. The Morgan fingerprint density at radius 3 is 2.77 bits per heavy atom. The quantitative estimate of drug-likeness (QED) is 0.706.